The number of esters is 1. The lowest BCUT2D eigenvalue weighted by atomic mass is 10.3. The SMILES string of the molecule is CCCCOC(=O)C(C)Sc1cc(C#N)ccn1. The highest BCUT2D eigenvalue weighted by Crippen LogP contribution is 2.22. The Morgan fingerprint density at radius 1 is 1.67 bits per heavy atom. The van der Waals surface area contributed by atoms with Gasteiger partial charge in [-0.25, -0.2) is 4.98 Å². The Labute approximate surface area is 111 Å². The van der Waals surface area contributed by atoms with E-state index in [4.69, 9.17) is 10.00 Å². The second-order valence-corrected chi connectivity index (χ2v) is 5.14. The van der Waals surface area contributed by atoms with E-state index in [2.05, 4.69) is 4.98 Å². The second-order valence-electron chi connectivity index (χ2n) is 3.78. The third-order valence-corrected chi connectivity index (χ3v) is 3.25. The molecule has 0 saturated carbocycles. The van der Waals surface area contributed by atoms with Gasteiger partial charge in [0.1, 0.15) is 5.25 Å². The van der Waals surface area contributed by atoms with Gasteiger partial charge in [0.25, 0.3) is 0 Å². The molecule has 0 saturated heterocycles. The maximum atomic E-state index is 11.6. The lowest BCUT2D eigenvalue weighted by Gasteiger charge is -2.10. The first-order valence-electron chi connectivity index (χ1n) is 5.86. The molecule has 1 rings (SSSR count). The van der Waals surface area contributed by atoms with Gasteiger partial charge in [0, 0.05) is 6.20 Å². The highest BCUT2D eigenvalue weighted by Gasteiger charge is 2.16. The minimum absolute atomic E-state index is 0.238. The van der Waals surface area contributed by atoms with E-state index in [-0.39, 0.29) is 11.2 Å². The molecule has 1 aromatic heterocycles. The molecule has 0 amide bonds. The van der Waals surface area contributed by atoms with Gasteiger partial charge in [0.05, 0.1) is 23.3 Å². The molecule has 0 aromatic carbocycles. The zero-order chi connectivity index (χ0) is 13.4. The lowest BCUT2D eigenvalue weighted by Crippen LogP contribution is -2.17. The highest BCUT2D eigenvalue weighted by molar-refractivity contribution is 8.00. The third-order valence-electron chi connectivity index (χ3n) is 2.24. The van der Waals surface area contributed by atoms with Crippen LogP contribution in [0.3, 0.4) is 0 Å². The molecule has 1 atom stereocenters. The number of ether oxygens (including phenoxy) is 1. The monoisotopic (exact) mass is 264 g/mol. The minimum atomic E-state index is -0.316. The summed E-state index contributed by atoms with van der Waals surface area (Å²) >= 11 is 1.30. The predicted octanol–water partition coefficient (Wildman–Crippen LogP) is 2.78. The van der Waals surface area contributed by atoms with Gasteiger partial charge in [0.2, 0.25) is 0 Å². The van der Waals surface area contributed by atoms with E-state index in [0.29, 0.717) is 17.2 Å². The number of nitriles is 1. The van der Waals surface area contributed by atoms with Crippen molar-refractivity contribution in [2.45, 2.75) is 37.0 Å². The Hall–Kier alpha value is -1.54. The molecule has 0 bridgehead atoms. The topological polar surface area (TPSA) is 63.0 Å². The summed E-state index contributed by atoms with van der Waals surface area (Å²) in [4.78, 5) is 15.8. The van der Waals surface area contributed by atoms with Crippen LogP contribution in [0.1, 0.15) is 32.3 Å². The smallest absolute Gasteiger partial charge is 0.319 e. The van der Waals surface area contributed by atoms with Crippen LogP contribution in [0.25, 0.3) is 0 Å². The summed E-state index contributed by atoms with van der Waals surface area (Å²) in [5.41, 5.74) is 0.541. The van der Waals surface area contributed by atoms with Crippen LogP contribution in [0.5, 0.6) is 0 Å². The molecule has 0 fully saturated rings. The van der Waals surface area contributed by atoms with Crippen molar-refractivity contribution in [3.63, 3.8) is 0 Å². The van der Waals surface area contributed by atoms with E-state index in [1.54, 1.807) is 25.3 Å². The largest absolute Gasteiger partial charge is 0.465 e. The molecule has 1 heterocycles. The summed E-state index contributed by atoms with van der Waals surface area (Å²) < 4.78 is 5.12. The fourth-order valence-electron chi connectivity index (χ4n) is 1.21. The number of carbonyl (C=O) groups is 1. The molecule has 1 aromatic rings. The fraction of sp³-hybridized carbons (Fsp3) is 0.462. The quantitative estimate of drug-likeness (QED) is 0.449. The Bertz CT molecular complexity index is 443. The molecule has 1 unspecified atom stereocenters. The zero-order valence-electron chi connectivity index (χ0n) is 10.5. The third kappa shape index (κ3) is 4.76. The summed E-state index contributed by atoms with van der Waals surface area (Å²) in [5.74, 6) is -0.238. The normalized spacial score (nSPS) is 11.6. The van der Waals surface area contributed by atoms with Crippen LogP contribution in [-0.4, -0.2) is 22.8 Å². The number of aromatic nitrogens is 1. The van der Waals surface area contributed by atoms with Crippen molar-refractivity contribution in [2.75, 3.05) is 6.61 Å². The van der Waals surface area contributed by atoms with Crippen molar-refractivity contribution >= 4 is 17.7 Å². The minimum Gasteiger partial charge on any atom is -0.465 e. The number of pyridine rings is 1. The zero-order valence-corrected chi connectivity index (χ0v) is 11.4. The number of rotatable bonds is 6. The molecule has 0 aliphatic heterocycles. The number of unbranched alkanes of at least 4 members (excludes halogenated alkanes) is 1. The fourth-order valence-corrected chi connectivity index (χ4v) is 2.05. The summed E-state index contributed by atoms with van der Waals surface area (Å²) in [5, 5.41) is 9.11. The van der Waals surface area contributed by atoms with Gasteiger partial charge in [-0.2, -0.15) is 5.26 Å². The summed E-state index contributed by atoms with van der Waals surface area (Å²) in [6.07, 6.45) is 3.45. The van der Waals surface area contributed by atoms with Crippen molar-refractivity contribution in [3.8, 4) is 6.07 Å². The maximum Gasteiger partial charge on any atom is 0.319 e. The van der Waals surface area contributed by atoms with Gasteiger partial charge in [0.15, 0.2) is 0 Å². The highest BCUT2D eigenvalue weighted by atomic mass is 32.2. The Morgan fingerprint density at radius 3 is 3.11 bits per heavy atom. The van der Waals surface area contributed by atoms with E-state index in [0.717, 1.165) is 12.8 Å². The lowest BCUT2D eigenvalue weighted by molar-refractivity contribution is -0.142. The van der Waals surface area contributed by atoms with Crippen LogP contribution in [0, 0.1) is 11.3 Å². The van der Waals surface area contributed by atoms with Gasteiger partial charge < -0.3 is 4.74 Å². The van der Waals surface area contributed by atoms with Crippen LogP contribution >= 0.6 is 11.8 Å². The van der Waals surface area contributed by atoms with Crippen molar-refractivity contribution in [1.29, 1.82) is 5.26 Å². The van der Waals surface area contributed by atoms with E-state index >= 15 is 0 Å². The van der Waals surface area contributed by atoms with E-state index in [9.17, 15) is 4.79 Å². The summed E-state index contributed by atoms with van der Waals surface area (Å²) in [6.45, 7) is 4.29. The van der Waals surface area contributed by atoms with Crippen molar-refractivity contribution in [2.24, 2.45) is 0 Å². The summed E-state index contributed by atoms with van der Waals surface area (Å²) in [7, 11) is 0. The summed E-state index contributed by atoms with van der Waals surface area (Å²) in [6, 6.07) is 5.34. The molecule has 0 spiro atoms. The van der Waals surface area contributed by atoms with Crippen molar-refractivity contribution < 1.29 is 9.53 Å². The Kier molecular flexibility index (Phi) is 6.23. The molecule has 0 N–H and O–H groups in total. The van der Waals surface area contributed by atoms with Crippen LogP contribution in [0.15, 0.2) is 23.4 Å². The average Bonchev–Trinajstić information content (AvgIpc) is 2.39. The molecule has 0 aliphatic rings. The van der Waals surface area contributed by atoms with Gasteiger partial charge in [-0.05, 0) is 25.5 Å². The number of hydrogen-bond donors (Lipinski definition) is 0. The van der Waals surface area contributed by atoms with Crippen LogP contribution in [-0.2, 0) is 9.53 Å². The van der Waals surface area contributed by atoms with E-state index < -0.39 is 0 Å². The first kappa shape index (κ1) is 14.5. The first-order valence-corrected chi connectivity index (χ1v) is 6.74. The number of nitrogens with zero attached hydrogens (tertiary/aromatic N) is 2. The molecule has 0 aliphatic carbocycles. The second kappa shape index (κ2) is 7.72. The van der Waals surface area contributed by atoms with Gasteiger partial charge in [-0.15, -0.1) is 0 Å². The molecule has 18 heavy (non-hydrogen) atoms. The Balaban J connectivity index is 2.50. The average molecular weight is 264 g/mol. The van der Waals surface area contributed by atoms with Crippen LogP contribution < -0.4 is 0 Å². The molecular weight excluding hydrogens is 248 g/mol. The number of thioether (sulfide) groups is 1. The Morgan fingerprint density at radius 2 is 2.44 bits per heavy atom. The first-order chi connectivity index (χ1) is 8.67. The van der Waals surface area contributed by atoms with Crippen molar-refractivity contribution in [3.05, 3.63) is 23.9 Å². The van der Waals surface area contributed by atoms with Crippen LogP contribution in [0.2, 0.25) is 0 Å². The molecular formula is C13H16N2O2S. The molecule has 0 radical (unpaired) electrons. The van der Waals surface area contributed by atoms with E-state index in [1.807, 2.05) is 13.0 Å². The van der Waals surface area contributed by atoms with Gasteiger partial charge in [-0.3, -0.25) is 4.79 Å². The maximum absolute atomic E-state index is 11.6. The van der Waals surface area contributed by atoms with Crippen LogP contribution in [0.4, 0.5) is 0 Å². The molecule has 4 nitrogen and oxygen atoms in total. The molecule has 5 heteroatoms. The van der Waals surface area contributed by atoms with E-state index in [1.165, 1.54) is 11.8 Å². The number of carbonyl (C=O) groups excluding carboxylic acids is 1. The predicted molar refractivity (Wildman–Crippen MR) is 70.1 cm³/mol. The van der Waals surface area contributed by atoms with Crippen molar-refractivity contribution in [1.82, 2.24) is 4.98 Å². The number of hydrogen-bond acceptors (Lipinski definition) is 5. The van der Waals surface area contributed by atoms with Gasteiger partial charge >= 0.3 is 5.97 Å². The standard InChI is InChI=1S/C13H16N2O2S/c1-3-4-7-17-13(16)10(2)18-12-8-11(9-14)5-6-15-12/h5-6,8,10H,3-4,7H2,1-2H3. The van der Waals surface area contributed by atoms with Gasteiger partial charge in [-0.1, -0.05) is 25.1 Å². The molecule has 96 valence electrons.